The number of piperidine rings is 1. The first-order chi connectivity index (χ1) is 14.6. The molecule has 7 nitrogen and oxygen atoms in total. The quantitative estimate of drug-likeness (QED) is 0.524. The number of nitrogens with zero attached hydrogens (tertiary/aromatic N) is 6. The molecule has 0 aliphatic carbocycles. The Bertz CT molecular complexity index is 1270. The topological polar surface area (TPSA) is 68.3 Å². The van der Waals surface area contributed by atoms with Gasteiger partial charge in [0, 0.05) is 42.4 Å². The van der Waals surface area contributed by atoms with Crippen LogP contribution in [-0.2, 0) is 7.05 Å². The van der Waals surface area contributed by atoms with Crippen LogP contribution < -0.4 is 5.56 Å². The van der Waals surface area contributed by atoms with Gasteiger partial charge in [-0.2, -0.15) is 5.10 Å². The SMILES string of the molecule is CCCN1CCC(c2cn3c(=O)cc(-c4ccc5nn(C)cc5c4)nc3cn2)CC1. The molecule has 7 heteroatoms. The van der Waals surface area contributed by atoms with Crippen molar-refractivity contribution in [3.05, 3.63) is 58.9 Å². The molecule has 1 fully saturated rings. The average molecular weight is 403 g/mol. The summed E-state index contributed by atoms with van der Waals surface area (Å²) in [6, 6.07) is 7.55. The van der Waals surface area contributed by atoms with E-state index in [4.69, 9.17) is 4.98 Å². The zero-order valence-corrected chi connectivity index (χ0v) is 17.5. The van der Waals surface area contributed by atoms with Gasteiger partial charge < -0.3 is 4.90 Å². The predicted octanol–water partition coefficient (Wildman–Crippen LogP) is 3.23. The zero-order chi connectivity index (χ0) is 20.7. The highest BCUT2D eigenvalue weighted by molar-refractivity contribution is 5.83. The molecule has 1 aromatic carbocycles. The van der Waals surface area contributed by atoms with E-state index in [9.17, 15) is 4.79 Å². The second-order valence-corrected chi connectivity index (χ2v) is 8.21. The molecule has 154 valence electrons. The van der Waals surface area contributed by atoms with E-state index in [1.165, 1.54) is 6.42 Å². The lowest BCUT2D eigenvalue weighted by molar-refractivity contribution is 0.211. The van der Waals surface area contributed by atoms with Gasteiger partial charge in [0.25, 0.3) is 5.56 Å². The molecule has 0 unspecified atom stereocenters. The summed E-state index contributed by atoms with van der Waals surface area (Å²) in [5.41, 5.74) is 3.99. The monoisotopic (exact) mass is 402 g/mol. The van der Waals surface area contributed by atoms with E-state index >= 15 is 0 Å². The summed E-state index contributed by atoms with van der Waals surface area (Å²) < 4.78 is 3.42. The van der Waals surface area contributed by atoms with Crippen LogP contribution in [0.2, 0.25) is 0 Å². The maximum Gasteiger partial charge on any atom is 0.258 e. The largest absolute Gasteiger partial charge is 0.303 e. The Morgan fingerprint density at radius 1 is 1.13 bits per heavy atom. The van der Waals surface area contributed by atoms with Gasteiger partial charge in [0.2, 0.25) is 0 Å². The first-order valence-electron chi connectivity index (χ1n) is 10.7. The summed E-state index contributed by atoms with van der Waals surface area (Å²) in [5.74, 6) is 0.405. The van der Waals surface area contributed by atoms with Gasteiger partial charge >= 0.3 is 0 Å². The van der Waals surface area contributed by atoms with Gasteiger partial charge in [0.05, 0.1) is 23.1 Å². The first-order valence-corrected chi connectivity index (χ1v) is 10.7. The van der Waals surface area contributed by atoms with E-state index in [-0.39, 0.29) is 5.56 Å². The Hall–Kier alpha value is -3.06. The average Bonchev–Trinajstić information content (AvgIpc) is 3.13. The number of fused-ring (bicyclic) bond motifs is 2. The van der Waals surface area contributed by atoms with Crippen LogP contribution in [0.15, 0.2) is 47.7 Å². The van der Waals surface area contributed by atoms with Crippen LogP contribution in [0.4, 0.5) is 0 Å². The van der Waals surface area contributed by atoms with Crippen molar-refractivity contribution >= 4 is 16.6 Å². The van der Waals surface area contributed by atoms with Gasteiger partial charge in [0.1, 0.15) is 0 Å². The Labute approximate surface area is 175 Å². The fraction of sp³-hybridized carbons (Fsp3) is 0.391. The van der Waals surface area contributed by atoms with Crippen molar-refractivity contribution in [2.75, 3.05) is 19.6 Å². The first kappa shape index (κ1) is 18.9. The number of aromatic nitrogens is 5. The molecule has 0 bridgehead atoms. The number of likely N-dealkylation sites (tertiary alicyclic amines) is 1. The normalized spacial score (nSPS) is 15.9. The zero-order valence-electron chi connectivity index (χ0n) is 17.5. The number of benzene rings is 1. The van der Waals surface area contributed by atoms with E-state index in [0.717, 1.165) is 54.6 Å². The van der Waals surface area contributed by atoms with Gasteiger partial charge in [-0.25, -0.2) is 4.98 Å². The summed E-state index contributed by atoms with van der Waals surface area (Å²) in [7, 11) is 1.90. The van der Waals surface area contributed by atoms with Crippen LogP contribution >= 0.6 is 0 Å². The van der Waals surface area contributed by atoms with E-state index < -0.39 is 0 Å². The lowest BCUT2D eigenvalue weighted by Gasteiger charge is -2.31. The van der Waals surface area contributed by atoms with Crippen LogP contribution in [0, 0.1) is 0 Å². The maximum atomic E-state index is 12.9. The van der Waals surface area contributed by atoms with Crippen molar-refractivity contribution in [3.63, 3.8) is 0 Å². The van der Waals surface area contributed by atoms with Crippen molar-refractivity contribution in [1.82, 2.24) is 29.0 Å². The van der Waals surface area contributed by atoms with Gasteiger partial charge in [-0.3, -0.25) is 18.9 Å². The third-order valence-electron chi connectivity index (χ3n) is 6.03. The smallest absolute Gasteiger partial charge is 0.258 e. The minimum atomic E-state index is -0.0756. The van der Waals surface area contributed by atoms with Crippen molar-refractivity contribution in [3.8, 4) is 11.3 Å². The third-order valence-corrected chi connectivity index (χ3v) is 6.03. The molecular formula is C23H26N6O. The molecule has 30 heavy (non-hydrogen) atoms. The molecule has 4 heterocycles. The molecule has 3 aromatic heterocycles. The molecule has 1 aliphatic rings. The summed E-state index contributed by atoms with van der Waals surface area (Å²) in [6.45, 7) is 5.58. The standard InChI is InChI=1S/C23H26N6O/c1-3-8-28-9-6-16(7-10-28)21-15-29-22(13-24-21)25-20(12-23(29)30)17-4-5-19-18(11-17)14-27(2)26-19/h4-5,11-16H,3,6-10H2,1-2H3. The third kappa shape index (κ3) is 3.50. The summed E-state index contributed by atoms with van der Waals surface area (Å²) in [4.78, 5) is 24.8. The second-order valence-electron chi connectivity index (χ2n) is 8.21. The number of hydrogen-bond donors (Lipinski definition) is 0. The van der Waals surface area contributed by atoms with Crippen LogP contribution in [0.3, 0.4) is 0 Å². The lowest BCUT2D eigenvalue weighted by atomic mass is 9.93. The summed E-state index contributed by atoms with van der Waals surface area (Å²) in [6.07, 6.45) is 8.95. The molecule has 0 saturated carbocycles. The molecule has 0 radical (unpaired) electrons. The van der Waals surface area contributed by atoms with Crippen molar-refractivity contribution in [2.45, 2.75) is 32.1 Å². The van der Waals surface area contributed by atoms with E-state index in [1.807, 2.05) is 37.6 Å². The molecule has 1 saturated heterocycles. The van der Waals surface area contributed by atoms with Gasteiger partial charge in [-0.15, -0.1) is 0 Å². The molecule has 1 aliphatic heterocycles. The Balaban J connectivity index is 1.46. The summed E-state index contributed by atoms with van der Waals surface area (Å²) in [5, 5.41) is 5.43. The highest BCUT2D eigenvalue weighted by Crippen LogP contribution is 2.27. The van der Waals surface area contributed by atoms with Crippen LogP contribution in [0.1, 0.15) is 37.8 Å². The van der Waals surface area contributed by atoms with Crippen LogP contribution in [0.25, 0.3) is 27.8 Å². The Morgan fingerprint density at radius 2 is 1.97 bits per heavy atom. The molecule has 0 amide bonds. The fourth-order valence-corrected chi connectivity index (χ4v) is 4.46. The lowest BCUT2D eigenvalue weighted by Crippen LogP contribution is -2.33. The highest BCUT2D eigenvalue weighted by Gasteiger charge is 2.21. The number of aryl methyl sites for hydroxylation is 1. The molecule has 5 rings (SSSR count). The molecule has 0 N–H and O–H groups in total. The highest BCUT2D eigenvalue weighted by atomic mass is 16.1. The van der Waals surface area contributed by atoms with Crippen molar-refractivity contribution < 1.29 is 0 Å². The molecule has 0 atom stereocenters. The Morgan fingerprint density at radius 3 is 2.77 bits per heavy atom. The van der Waals surface area contributed by atoms with E-state index in [2.05, 4.69) is 21.9 Å². The number of rotatable bonds is 4. The van der Waals surface area contributed by atoms with E-state index in [0.29, 0.717) is 17.3 Å². The minimum Gasteiger partial charge on any atom is -0.303 e. The van der Waals surface area contributed by atoms with Crippen molar-refractivity contribution in [2.24, 2.45) is 7.05 Å². The van der Waals surface area contributed by atoms with E-state index in [1.54, 1.807) is 21.3 Å². The number of hydrogen-bond acceptors (Lipinski definition) is 5. The van der Waals surface area contributed by atoms with Crippen molar-refractivity contribution in [1.29, 1.82) is 0 Å². The Kier molecular flexibility index (Phi) is 4.83. The van der Waals surface area contributed by atoms with Gasteiger partial charge in [0.15, 0.2) is 5.65 Å². The predicted molar refractivity (Wildman–Crippen MR) is 118 cm³/mol. The minimum absolute atomic E-state index is 0.0756. The molecular weight excluding hydrogens is 376 g/mol. The molecule has 0 spiro atoms. The van der Waals surface area contributed by atoms with Gasteiger partial charge in [-0.1, -0.05) is 13.0 Å². The molecule has 4 aromatic rings. The second kappa shape index (κ2) is 7.65. The maximum absolute atomic E-state index is 12.9. The van der Waals surface area contributed by atoms with Crippen LogP contribution in [0.5, 0.6) is 0 Å². The van der Waals surface area contributed by atoms with Gasteiger partial charge in [-0.05, 0) is 51.0 Å². The summed E-state index contributed by atoms with van der Waals surface area (Å²) >= 11 is 0. The fourth-order valence-electron chi connectivity index (χ4n) is 4.46. The van der Waals surface area contributed by atoms with Crippen LogP contribution in [-0.4, -0.2) is 48.7 Å².